The molecule has 1 heterocycles. The number of amides is 1. The van der Waals surface area contributed by atoms with Crippen LogP contribution in [-0.2, 0) is 9.59 Å². The summed E-state index contributed by atoms with van der Waals surface area (Å²) in [5.74, 6) is -0.0672. The zero-order chi connectivity index (χ0) is 16.1. The molecule has 1 aromatic carbocycles. The second kappa shape index (κ2) is 7.65. The highest BCUT2D eigenvalue weighted by Gasteiger charge is 2.26. The quantitative estimate of drug-likeness (QED) is 0.871. The zero-order valence-electron chi connectivity index (χ0n) is 13.0. The third-order valence-electron chi connectivity index (χ3n) is 3.92. The van der Waals surface area contributed by atoms with Gasteiger partial charge in [-0.15, -0.1) is 11.8 Å². The summed E-state index contributed by atoms with van der Waals surface area (Å²) < 4.78 is 0. The van der Waals surface area contributed by atoms with Crippen LogP contribution >= 0.6 is 11.8 Å². The number of carbonyl (C=O) groups is 2. The fourth-order valence-corrected chi connectivity index (χ4v) is 3.48. The van der Waals surface area contributed by atoms with Crippen LogP contribution in [0, 0.1) is 0 Å². The van der Waals surface area contributed by atoms with E-state index in [9.17, 15) is 9.59 Å². The van der Waals surface area contributed by atoms with Crippen molar-refractivity contribution in [2.75, 3.05) is 30.3 Å². The highest BCUT2D eigenvalue weighted by atomic mass is 32.2. The van der Waals surface area contributed by atoms with Gasteiger partial charge in [0.25, 0.3) is 0 Å². The molecule has 0 radical (unpaired) electrons. The number of carboxylic acid groups (broad SMARTS) is 1. The number of thioether (sulfide) groups is 1. The number of carbonyl (C=O) groups excluding carboxylic acids is 1. The van der Waals surface area contributed by atoms with E-state index in [4.69, 9.17) is 5.11 Å². The topological polar surface area (TPSA) is 60.9 Å². The van der Waals surface area contributed by atoms with E-state index in [1.165, 1.54) is 0 Å². The van der Waals surface area contributed by atoms with Gasteiger partial charge in [-0.25, -0.2) is 0 Å². The van der Waals surface area contributed by atoms with Gasteiger partial charge in [0.2, 0.25) is 5.91 Å². The van der Waals surface area contributed by atoms with Crippen LogP contribution in [0.15, 0.2) is 29.2 Å². The van der Waals surface area contributed by atoms with E-state index in [0.29, 0.717) is 6.54 Å². The molecule has 1 amide bonds. The zero-order valence-corrected chi connectivity index (χ0v) is 13.8. The van der Waals surface area contributed by atoms with Gasteiger partial charge in [-0.1, -0.05) is 19.1 Å². The molecule has 0 bridgehead atoms. The van der Waals surface area contributed by atoms with Gasteiger partial charge >= 0.3 is 5.97 Å². The number of anilines is 1. The van der Waals surface area contributed by atoms with Crippen molar-refractivity contribution < 1.29 is 14.7 Å². The molecule has 1 N–H and O–H groups in total. The molecule has 0 fully saturated rings. The average Bonchev–Trinajstić information content (AvgIpc) is 2.52. The maximum Gasteiger partial charge on any atom is 0.317 e. The van der Waals surface area contributed by atoms with Gasteiger partial charge in [0, 0.05) is 23.2 Å². The Morgan fingerprint density at radius 3 is 2.77 bits per heavy atom. The Balaban J connectivity index is 2.12. The molecule has 0 aromatic heterocycles. The molecule has 0 saturated heterocycles. The maximum atomic E-state index is 12.7. The number of hydrogen-bond donors (Lipinski definition) is 1. The van der Waals surface area contributed by atoms with Crippen LogP contribution in [0.1, 0.15) is 20.3 Å². The molecule has 0 aliphatic carbocycles. The Morgan fingerprint density at radius 1 is 1.36 bits per heavy atom. The van der Waals surface area contributed by atoms with E-state index in [1.807, 2.05) is 38.1 Å². The van der Waals surface area contributed by atoms with Crippen LogP contribution in [0.3, 0.4) is 0 Å². The first-order chi connectivity index (χ1) is 10.5. The molecule has 1 aliphatic rings. The lowest BCUT2D eigenvalue weighted by Crippen LogP contribution is -2.47. The normalized spacial score (nSPS) is 15.5. The summed E-state index contributed by atoms with van der Waals surface area (Å²) in [7, 11) is 0. The second-order valence-corrected chi connectivity index (χ2v) is 6.55. The van der Waals surface area contributed by atoms with E-state index < -0.39 is 5.97 Å². The highest BCUT2D eigenvalue weighted by molar-refractivity contribution is 7.99. The van der Waals surface area contributed by atoms with Crippen molar-refractivity contribution in [3.63, 3.8) is 0 Å². The van der Waals surface area contributed by atoms with Crippen molar-refractivity contribution in [1.82, 2.24) is 4.90 Å². The first-order valence-corrected chi connectivity index (χ1v) is 8.49. The van der Waals surface area contributed by atoms with Gasteiger partial charge in [-0.2, -0.15) is 0 Å². The van der Waals surface area contributed by atoms with E-state index in [-0.39, 0.29) is 25.0 Å². The maximum absolute atomic E-state index is 12.7. The molecule has 5 nitrogen and oxygen atoms in total. The lowest BCUT2D eigenvalue weighted by Gasteiger charge is -2.32. The van der Waals surface area contributed by atoms with Crippen molar-refractivity contribution in [2.24, 2.45) is 0 Å². The minimum atomic E-state index is -0.900. The first-order valence-electron chi connectivity index (χ1n) is 7.51. The standard InChI is InChI=1S/C16H22N2O3S/c1-3-12(2)17(11-16(20)21)10-15(19)18-8-9-22-14-7-5-4-6-13(14)18/h4-7,12H,3,8-11H2,1-2H3,(H,20,21). The average molecular weight is 322 g/mol. The number of para-hydroxylation sites is 1. The van der Waals surface area contributed by atoms with Crippen molar-refractivity contribution >= 4 is 29.3 Å². The number of fused-ring (bicyclic) bond motifs is 1. The molecule has 22 heavy (non-hydrogen) atoms. The Morgan fingerprint density at radius 2 is 2.09 bits per heavy atom. The van der Waals surface area contributed by atoms with Crippen LogP contribution in [0.5, 0.6) is 0 Å². The second-order valence-electron chi connectivity index (χ2n) is 5.42. The third kappa shape index (κ3) is 4.01. The van der Waals surface area contributed by atoms with Crippen molar-refractivity contribution in [2.45, 2.75) is 31.2 Å². The van der Waals surface area contributed by atoms with Crippen LogP contribution in [0.2, 0.25) is 0 Å². The molecular weight excluding hydrogens is 300 g/mol. The van der Waals surface area contributed by atoms with Crippen molar-refractivity contribution in [3.8, 4) is 0 Å². The molecule has 6 heteroatoms. The molecular formula is C16H22N2O3S. The van der Waals surface area contributed by atoms with Crippen LogP contribution < -0.4 is 4.90 Å². The van der Waals surface area contributed by atoms with Gasteiger partial charge in [0.1, 0.15) is 0 Å². The predicted octanol–water partition coefficient (Wildman–Crippen LogP) is 2.31. The lowest BCUT2D eigenvalue weighted by molar-refractivity contribution is -0.139. The van der Waals surface area contributed by atoms with Gasteiger partial charge in [0.15, 0.2) is 0 Å². The summed E-state index contributed by atoms with van der Waals surface area (Å²) in [5, 5.41) is 9.04. The molecule has 1 aliphatic heterocycles. The van der Waals surface area contributed by atoms with Crippen molar-refractivity contribution in [3.05, 3.63) is 24.3 Å². The van der Waals surface area contributed by atoms with Gasteiger partial charge in [-0.05, 0) is 25.5 Å². The summed E-state index contributed by atoms with van der Waals surface area (Å²) in [5.41, 5.74) is 0.933. The van der Waals surface area contributed by atoms with Crippen molar-refractivity contribution in [1.29, 1.82) is 0 Å². The number of nitrogens with zero attached hydrogens (tertiary/aromatic N) is 2. The summed E-state index contributed by atoms with van der Waals surface area (Å²) in [4.78, 5) is 28.3. The molecule has 2 rings (SSSR count). The van der Waals surface area contributed by atoms with E-state index >= 15 is 0 Å². The number of hydrogen-bond acceptors (Lipinski definition) is 4. The lowest BCUT2D eigenvalue weighted by atomic mass is 10.2. The first kappa shape index (κ1) is 16.8. The fraction of sp³-hybridized carbons (Fsp3) is 0.500. The van der Waals surface area contributed by atoms with Crippen LogP contribution in [0.25, 0.3) is 0 Å². The molecule has 1 aromatic rings. The summed E-state index contributed by atoms with van der Waals surface area (Å²) in [6.07, 6.45) is 0.812. The number of rotatable bonds is 6. The SMILES string of the molecule is CCC(C)N(CC(=O)O)CC(=O)N1CCSc2ccccc21. The van der Waals surface area contributed by atoms with Gasteiger partial charge in [-0.3, -0.25) is 14.5 Å². The monoisotopic (exact) mass is 322 g/mol. The summed E-state index contributed by atoms with van der Waals surface area (Å²) >= 11 is 1.75. The fourth-order valence-electron chi connectivity index (χ4n) is 2.49. The van der Waals surface area contributed by atoms with Gasteiger partial charge in [0.05, 0.1) is 18.8 Å². The summed E-state index contributed by atoms with van der Waals surface area (Å²) in [6, 6.07) is 7.92. The van der Waals surface area contributed by atoms with E-state index in [2.05, 4.69) is 0 Å². The Hall–Kier alpha value is -1.53. The minimum Gasteiger partial charge on any atom is -0.480 e. The number of carboxylic acids is 1. The number of benzene rings is 1. The molecule has 0 saturated carbocycles. The van der Waals surface area contributed by atoms with Crippen LogP contribution in [0.4, 0.5) is 5.69 Å². The smallest absolute Gasteiger partial charge is 0.317 e. The van der Waals surface area contributed by atoms with E-state index in [1.54, 1.807) is 21.6 Å². The van der Waals surface area contributed by atoms with E-state index in [0.717, 1.165) is 22.8 Å². The summed E-state index contributed by atoms with van der Waals surface area (Å²) in [6.45, 7) is 4.65. The highest BCUT2D eigenvalue weighted by Crippen LogP contribution is 2.34. The molecule has 1 unspecified atom stereocenters. The minimum absolute atomic E-state index is 0.0331. The molecule has 120 valence electrons. The molecule has 0 spiro atoms. The van der Waals surface area contributed by atoms with Crippen LogP contribution in [-0.4, -0.2) is 53.3 Å². The predicted molar refractivity (Wildman–Crippen MR) is 88.5 cm³/mol. The number of aliphatic carboxylic acids is 1. The Bertz CT molecular complexity index is 550. The third-order valence-corrected chi connectivity index (χ3v) is 4.96. The largest absolute Gasteiger partial charge is 0.480 e. The Labute approximate surface area is 135 Å². The Kier molecular flexibility index (Phi) is 5.85. The van der Waals surface area contributed by atoms with Gasteiger partial charge < -0.3 is 10.0 Å². The molecule has 1 atom stereocenters.